The third-order valence-electron chi connectivity index (χ3n) is 13.3. The number of nitrogens with zero attached hydrogens (tertiary/aromatic N) is 2. The number of carboxylic acid groups (broad SMARTS) is 1. The predicted molar refractivity (Wildman–Crippen MR) is 270 cm³/mol. The third kappa shape index (κ3) is 11.8. The molecule has 0 radical (unpaired) electrons. The lowest BCUT2D eigenvalue weighted by atomic mass is 9.73. The molecule has 0 aliphatic carbocycles. The van der Waals surface area contributed by atoms with Crippen LogP contribution in [0.25, 0.3) is 21.5 Å². The first kappa shape index (κ1) is 56.2. The van der Waals surface area contributed by atoms with E-state index in [1.165, 1.54) is 19.2 Å². The first-order valence-corrected chi connectivity index (χ1v) is 29.8. The Morgan fingerprint density at radius 1 is 0.653 bits per heavy atom. The van der Waals surface area contributed by atoms with E-state index >= 15 is 0 Å². The molecule has 0 bridgehead atoms. The molecule has 3 atom stereocenters. The molecule has 2 aliphatic heterocycles. The Labute approximate surface area is 419 Å². The largest absolute Gasteiger partial charge is 0.481 e. The van der Waals surface area contributed by atoms with Gasteiger partial charge in [-0.1, -0.05) is 61.9 Å². The number of ether oxygens (including phenoxy) is 1. The molecule has 6 rings (SSSR count). The minimum Gasteiger partial charge on any atom is -0.481 e. The van der Waals surface area contributed by atoms with Gasteiger partial charge in [0.1, 0.15) is 9.79 Å². The Morgan fingerprint density at radius 3 is 1.71 bits per heavy atom. The fraction of sp³-hybridized carbons (Fsp3) is 0.383. The maximum absolute atomic E-state index is 12.7. The first-order valence-electron chi connectivity index (χ1n) is 22.4. The Hall–Kier alpha value is -5.06. The summed E-state index contributed by atoms with van der Waals surface area (Å²) in [6, 6.07) is 9.08. The summed E-state index contributed by atoms with van der Waals surface area (Å²) in [6.45, 7) is 6.37. The smallest absolute Gasteiger partial charge is 0.303 e. The van der Waals surface area contributed by atoms with Crippen LogP contribution in [0.2, 0.25) is 0 Å². The van der Waals surface area contributed by atoms with Crippen LogP contribution in [-0.2, 0) is 71.0 Å². The summed E-state index contributed by atoms with van der Waals surface area (Å²) >= 11 is 0. The van der Waals surface area contributed by atoms with Crippen molar-refractivity contribution in [2.75, 3.05) is 42.4 Å². The topological polar surface area (TPSA) is 325 Å². The van der Waals surface area contributed by atoms with E-state index in [2.05, 4.69) is 0 Å². The van der Waals surface area contributed by atoms with Crippen molar-refractivity contribution >= 4 is 89.5 Å². The molecule has 4 aromatic carbocycles. The fourth-order valence-corrected chi connectivity index (χ4v) is 13.4. The molecule has 3 unspecified atom stereocenters. The number of hydrogen-bond donors (Lipinski definition) is 6. The molecule has 0 aromatic heterocycles. The predicted octanol–water partition coefficient (Wildman–Crippen LogP) is 7.13. The van der Waals surface area contributed by atoms with Gasteiger partial charge in [0.05, 0.1) is 21.6 Å². The van der Waals surface area contributed by atoms with E-state index in [1.54, 1.807) is 49.4 Å². The Bertz CT molecular complexity index is 3520. The normalized spacial score (nSPS) is 20.6. The lowest BCUT2D eigenvalue weighted by Gasteiger charge is -2.35. The number of carbonyl (C=O) groups is 1. The summed E-state index contributed by atoms with van der Waals surface area (Å²) in [7, 11) is -23.0. The number of fused-ring (bicyclic) bond motifs is 6. The lowest BCUT2D eigenvalue weighted by molar-refractivity contribution is -0.137. The molecule has 392 valence electrons. The quantitative estimate of drug-likeness (QED) is 0.0259. The van der Waals surface area contributed by atoms with E-state index in [-0.39, 0.29) is 53.8 Å². The average molecular weight is 1100 g/mol. The molecule has 2 heterocycles. The molecule has 0 amide bonds. The van der Waals surface area contributed by atoms with Crippen molar-refractivity contribution < 1.29 is 79.5 Å². The van der Waals surface area contributed by atoms with Gasteiger partial charge in [-0.3, -0.25) is 27.6 Å². The molecule has 0 saturated heterocycles. The van der Waals surface area contributed by atoms with Gasteiger partial charge < -0.3 is 19.6 Å². The lowest BCUT2D eigenvalue weighted by Crippen LogP contribution is -2.42. The zero-order valence-corrected chi connectivity index (χ0v) is 43.6. The van der Waals surface area contributed by atoms with Crippen molar-refractivity contribution in [3.05, 3.63) is 108 Å². The van der Waals surface area contributed by atoms with Crippen LogP contribution in [0, 0.1) is 0 Å². The highest BCUT2D eigenvalue weighted by Gasteiger charge is 2.48. The van der Waals surface area contributed by atoms with Gasteiger partial charge in [0.2, 0.25) is 0 Å². The number of benzene rings is 4. The highest BCUT2D eigenvalue weighted by molar-refractivity contribution is 7.87. The van der Waals surface area contributed by atoms with Crippen LogP contribution in [0.4, 0.5) is 11.4 Å². The summed E-state index contributed by atoms with van der Waals surface area (Å²) in [5.74, 6) is -1.57. The number of allylic oxidation sites excluding steroid dienone is 7. The van der Waals surface area contributed by atoms with E-state index < -0.39 is 98.8 Å². The van der Waals surface area contributed by atoms with Crippen LogP contribution in [0.3, 0.4) is 0 Å². The van der Waals surface area contributed by atoms with Crippen molar-refractivity contribution in [2.24, 2.45) is 0 Å². The second kappa shape index (κ2) is 21.0. The average Bonchev–Trinajstić information content (AvgIpc) is 3.65. The van der Waals surface area contributed by atoms with Gasteiger partial charge in [-0.05, 0) is 110 Å². The maximum Gasteiger partial charge on any atom is 0.303 e. The highest BCUT2D eigenvalue weighted by atomic mass is 32.2. The minimum atomic E-state index is -5.04. The summed E-state index contributed by atoms with van der Waals surface area (Å²) < 4.78 is 180. The fourth-order valence-electron chi connectivity index (χ4n) is 10.2. The van der Waals surface area contributed by atoms with Crippen LogP contribution >= 0.6 is 0 Å². The van der Waals surface area contributed by atoms with E-state index in [4.69, 9.17) is 4.74 Å². The van der Waals surface area contributed by atoms with Crippen LogP contribution < -0.4 is 9.80 Å². The molecule has 20 nitrogen and oxygen atoms in total. The van der Waals surface area contributed by atoms with Crippen molar-refractivity contribution in [1.29, 1.82) is 0 Å². The number of hydrogen-bond acceptors (Lipinski definition) is 14. The van der Waals surface area contributed by atoms with Gasteiger partial charge in [-0.2, -0.15) is 42.1 Å². The molecule has 4 aromatic rings. The SMILES string of the molecule is CCN1c2ccc3c(S(=O)(=O)O)cc(S(=O)(=O)O)cc3c2C(C)(CCCS(=O)(=O)O)C1C=CC=CC=CC=C1N(CCCCCC(=O)O)c2ccc3c(S(=O)(=O)O)cc(S(=O)(=O)O)cc3c2C1(C)CCOC. The third-order valence-corrected chi connectivity index (χ3v) is 17.6. The molecule has 25 heteroatoms. The van der Waals surface area contributed by atoms with Crippen LogP contribution in [-0.4, -0.2) is 115 Å². The monoisotopic (exact) mass is 1100 g/mol. The Kier molecular flexibility index (Phi) is 16.4. The van der Waals surface area contributed by atoms with Gasteiger partial charge >= 0.3 is 5.97 Å². The molecular formula is C47H56N2O18S5. The molecule has 0 fully saturated rings. The van der Waals surface area contributed by atoms with Crippen molar-refractivity contribution in [3.8, 4) is 0 Å². The number of unbranched alkanes of at least 4 members (excludes halogenated alkanes) is 2. The van der Waals surface area contributed by atoms with Gasteiger partial charge in [0.15, 0.2) is 0 Å². The minimum absolute atomic E-state index is 0.000588. The van der Waals surface area contributed by atoms with Gasteiger partial charge in [-0.15, -0.1) is 0 Å². The molecular weight excluding hydrogens is 1040 g/mol. The standard InChI is InChI=1S/C47H56N2O18S5/c1-5-48-37-20-18-33-35(27-31(69(55,56)57)29-39(33)71(61,62)63)44(37)46(2,22-14-26-68(52,53)54)41(48)15-10-7-6-8-11-16-42-47(3,23-25-67-4)45-36-28-32(70(58,59)60)30-40(72(64,65)66)34(36)19-21-38(45)49(42)24-13-9-12-17-43(50)51/h6-8,10-11,15-16,18-21,27-30,41H,5,9,12-14,17,22-26H2,1-4H3,(H,50,51)(H,52,53,54)(H,55,56,57)(H,58,59,60)(H,61,62,63)(H,64,65,66). The van der Waals surface area contributed by atoms with Crippen molar-refractivity contribution in [3.63, 3.8) is 0 Å². The Balaban J connectivity index is 1.44. The zero-order chi connectivity index (χ0) is 53.4. The summed E-state index contributed by atoms with van der Waals surface area (Å²) in [5, 5.41) is 9.37. The van der Waals surface area contributed by atoms with E-state index in [0.29, 0.717) is 72.7 Å². The molecule has 72 heavy (non-hydrogen) atoms. The molecule has 0 spiro atoms. The number of aliphatic carboxylic acids is 1. The number of likely N-dealkylation sites (N-methyl/N-ethyl adjacent to an activating group) is 1. The van der Waals surface area contributed by atoms with E-state index in [1.807, 2.05) is 35.8 Å². The van der Waals surface area contributed by atoms with E-state index in [9.17, 15) is 74.8 Å². The molecule has 0 saturated carbocycles. The summed E-state index contributed by atoms with van der Waals surface area (Å²) in [4.78, 5) is 12.1. The van der Waals surface area contributed by atoms with Gasteiger partial charge in [0.25, 0.3) is 50.6 Å². The first-order chi connectivity index (χ1) is 33.4. The van der Waals surface area contributed by atoms with E-state index in [0.717, 1.165) is 12.1 Å². The van der Waals surface area contributed by atoms with Crippen molar-refractivity contribution in [1.82, 2.24) is 0 Å². The van der Waals surface area contributed by atoms with Crippen molar-refractivity contribution in [2.45, 2.75) is 102 Å². The van der Waals surface area contributed by atoms with Crippen LogP contribution in [0.1, 0.15) is 76.8 Å². The maximum atomic E-state index is 12.7. The molecule has 2 aliphatic rings. The number of anilines is 2. The van der Waals surface area contributed by atoms with Gasteiger partial charge in [0, 0.05) is 71.9 Å². The molecule has 6 N–H and O–H groups in total. The summed E-state index contributed by atoms with van der Waals surface area (Å²) in [5.41, 5.74) is 0.554. The second-order valence-corrected chi connectivity index (χ2v) is 25.2. The van der Waals surface area contributed by atoms with Gasteiger partial charge in [-0.25, -0.2) is 0 Å². The van der Waals surface area contributed by atoms with Crippen LogP contribution in [0.5, 0.6) is 0 Å². The van der Waals surface area contributed by atoms with Crippen LogP contribution in [0.15, 0.2) is 116 Å². The number of carboxylic acids is 1. The Morgan fingerprint density at radius 2 is 1.19 bits per heavy atom. The number of rotatable bonds is 22. The highest BCUT2D eigenvalue weighted by Crippen LogP contribution is 2.55. The zero-order valence-electron chi connectivity index (χ0n) is 39.5. The number of methoxy groups -OCH3 is 1. The summed E-state index contributed by atoms with van der Waals surface area (Å²) in [6.07, 6.45) is 13.9. The second-order valence-electron chi connectivity index (χ2n) is 18.0.